The van der Waals surface area contributed by atoms with Gasteiger partial charge < -0.3 is 19.1 Å². The lowest BCUT2D eigenvalue weighted by molar-refractivity contribution is -0.137. The third kappa shape index (κ3) is 4.11. The van der Waals surface area contributed by atoms with E-state index in [9.17, 15) is 13.2 Å². The highest BCUT2D eigenvalue weighted by Crippen LogP contribution is 2.41. The van der Waals surface area contributed by atoms with E-state index in [1.54, 1.807) is 0 Å². The molecule has 3 aliphatic heterocycles. The molecule has 3 aliphatic rings. The van der Waals surface area contributed by atoms with Crippen LogP contribution in [0.1, 0.15) is 48.7 Å². The number of hydrogen-bond acceptors (Lipinski definition) is 5. The molecule has 5 rings (SSSR count). The third-order valence-corrected chi connectivity index (χ3v) is 6.36. The van der Waals surface area contributed by atoms with Crippen molar-refractivity contribution in [2.24, 2.45) is 0 Å². The molecule has 2 bridgehead atoms. The number of rotatable bonds is 4. The summed E-state index contributed by atoms with van der Waals surface area (Å²) in [5.41, 5.74) is 1.31. The van der Waals surface area contributed by atoms with E-state index in [1.807, 2.05) is 25.1 Å². The van der Waals surface area contributed by atoms with Crippen molar-refractivity contribution < 1.29 is 27.4 Å². The van der Waals surface area contributed by atoms with Gasteiger partial charge in [0.15, 0.2) is 6.29 Å². The maximum absolute atomic E-state index is 12.9. The molecule has 2 aromatic rings. The van der Waals surface area contributed by atoms with Crippen LogP contribution < -0.4 is 9.64 Å². The SMILES string of the molecule is Cc1ccc(OC2C[C@H]3CC[C@@H](C2)N3c2ccc(C(F)(F)F)cn2)c(C2OCCO2)c1. The van der Waals surface area contributed by atoms with Crippen LogP contribution in [0, 0.1) is 6.92 Å². The molecule has 1 unspecified atom stereocenters. The van der Waals surface area contributed by atoms with E-state index in [0.717, 1.165) is 54.8 Å². The van der Waals surface area contributed by atoms with Crippen molar-refractivity contribution in [2.75, 3.05) is 18.1 Å². The number of fused-ring (bicyclic) bond motifs is 2. The van der Waals surface area contributed by atoms with Gasteiger partial charge >= 0.3 is 6.18 Å². The average molecular weight is 434 g/mol. The Labute approximate surface area is 179 Å². The van der Waals surface area contributed by atoms with E-state index < -0.39 is 18.0 Å². The van der Waals surface area contributed by atoms with Gasteiger partial charge in [-0.15, -0.1) is 0 Å². The summed E-state index contributed by atoms with van der Waals surface area (Å²) in [6.07, 6.45) is -0.223. The maximum Gasteiger partial charge on any atom is 0.417 e. The van der Waals surface area contributed by atoms with Gasteiger partial charge in [0.25, 0.3) is 0 Å². The van der Waals surface area contributed by atoms with E-state index in [1.165, 1.54) is 6.07 Å². The van der Waals surface area contributed by atoms with Crippen molar-refractivity contribution >= 4 is 5.82 Å². The summed E-state index contributed by atoms with van der Waals surface area (Å²) in [6, 6.07) is 9.06. The molecule has 3 fully saturated rings. The van der Waals surface area contributed by atoms with Gasteiger partial charge in [-0.2, -0.15) is 13.2 Å². The Hall–Kier alpha value is -2.32. The normalized spacial score (nSPS) is 26.5. The zero-order valence-corrected chi connectivity index (χ0v) is 17.3. The minimum atomic E-state index is -4.37. The van der Waals surface area contributed by atoms with Crippen LogP contribution in [0.3, 0.4) is 0 Å². The standard InChI is InChI=1S/C23H25F3N2O3/c1-14-2-6-20(19(10-14)22-29-8-9-30-22)31-18-11-16-4-5-17(12-18)28(16)21-7-3-15(13-27-21)23(24,25)26/h2-3,6-7,10,13,16-18,22H,4-5,8-9,11-12H2,1H3/t16-,17+,18?. The third-order valence-electron chi connectivity index (χ3n) is 6.36. The second kappa shape index (κ2) is 7.98. The molecule has 0 saturated carbocycles. The van der Waals surface area contributed by atoms with Crippen molar-refractivity contribution in [3.8, 4) is 5.75 Å². The van der Waals surface area contributed by atoms with Gasteiger partial charge in [-0.05, 0) is 44.0 Å². The topological polar surface area (TPSA) is 43.8 Å². The molecule has 4 heterocycles. The Balaban J connectivity index is 1.31. The smallest absolute Gasteiger partial charge is 0.417 e. The first-order valence-electron chi connectivity index (χ1n) is 10.7. The first kappa shape index (κ1) is 20.6. The highest BCUT2D eigenvalue weighted by atomic mass is 19.4. The minimum Gasteiger partial charge on any atom is -0.490 e. The summed E-state index contributed by atoms with van der Waals surface area (Å²) in [5.74, 6) is 1.39. The fourth-order valence-electron chi connectivity index (χ4n) is 4.98. The van der Waals surface area contributed by atoms with Crippen molar-refractivity contribution in [3.63, 3.8) is 0 Å². The number of pyridine rings is 1. The van der Waals surface area contributed by atoms with Gasteiger partial charge in [0.05, 0.1) is 24.3 Å². The van der Waals surface area contributed by atoms with Gasteiger partial charge in [0.1, 0.15) is 17.7 Å². The number of benzene rings is 1. The van der Waals surface area contributed by atoms with E-state index in [-0.39, 0.29) is 18.2 Å². The Morgan fingerprint density at radius 1 is 1.03 bits per heavy atom. The largest absolute Gasteiger partial charge is 0.490 e. The first-order chi connectivity index (χ1) is 14.9. The van der Waals surface area contributed by atoms with Crippen LogP contribution in [0.25, 0.3) is 0 Å². The summed E-state index contributed by atoms with van der Waals surface area (Å²) in [5, 5.41) is 0. The molecular weight excluding hydrogens is 409 g/mol. The molecule has 0 aliphatic carbocycles. The summed E-state index contributed by atoms with van der Waals surface area (Å²) in [7, 11) is 0. The van der Waals surface area contributed by atoms with E-state index in [2.05, 4.69) is 9.88 Å². The fraction of sp³-hybridized carbons (Fsp3) is 0.522. The second-order valence-corrected chi connectivity index (χ2v) is 8.52. The molecule has 0 spiro atoms. The van der Waals surface area contributed by atoms with Crippen LogP contribution in [0.15, 0.2) is 36.5 Å². The summed E-state index contributed by atoms with van der Waals surface area (Å²) < 4.78 is 56.4. The average Bonchev–Trinajstić information content (AvgIpc) is 3.36. The molecular formula is C23H25F3N2O3. The molecule has 166 valence electrons. The van der Waals surface area contributed by atoms with Crippen LogP contribution in [0.5, 0.6) is 5.75 Å². The lowest BCUT2D eigenvalue weighted by atomic mass is 9.99. The van der Waals surface area contributed by atoms with Crippen LogP contribution in [0.4, 0.5) is 19.0 Å². The molecule has 5 nitrogen and oxygen atoms in total. The van der Waals surface area contributed by atoms with Gasteiger partial charge in [-0.1, -0.05) is 11.6 Å². The van der Waals surface area contributed by atoms with Crippen LogP contribution in [-0.4, -0.2) is 36.4 Å². The second-order valence-electron chi connectivity index (χ2n) is 8.52. The Kier molecular flexibility index (Phi) is 5.30. The maximum atomic E-state index is 12.9. The molecule has 0 N–H and O–H groups in total. The predicted octanol–water partition coefficient (Wildman–Crippen LogP) is 5.03. The van der Waals surface area contributed by atoms with Crippen molar-refractivity contribution in [1.29, 1.82) is 0 Å². The lowest BCUT2D eigenvalue weighted by Crippen LogP contribution is -2.47. The van der Waals surface area contributed by atoms with E-state index in [4.69, 9.17) is 14.2 Å². The number of anilines is 1. The van der Waals surface area contributed by atoms with Crippen LogP contribution >= 0.6 is 0 Å². The number of aromatic nitrogens is 1. The van der Waals surface area contributed by atoms with Crippen molar-refractivity contribution in [1.82, 2.24) is 4.98 Å². The van der Waals surface area contributed by atoms with Gasteiger partial charge in [-0.25, -0.2) is 4.98 Å². The number of halogens is 3. The van der Waals surface area contributed by atoms with Crippen molar-refractivity contribution in [3.05, 3.63) is 53.2 Å². The quantitative estimate of drug-likeness (QED) is 0.675. The molecule has 0 radical (unpaired) electrons. The molecule has 1 aromatic heterocycles. The number of piperidine rings is 1. The predicted molar refractivity (Wildman–Crippen MR) is 108 cm³/mol. The lowest BCUT2D eigenvalue weighted by Gasteiger charge is -2.40. The number of aryl methyl sites for hydroxylation is 1. The number of ether oxygens (including phenoxy) is 3. The van der Waals surface area contributed by atoms with Crippen LogP contribution in [0.2, 0.25) is 0 Å². The van der Waals surface area contributed by atoms with Gasteiger partial charge in [0.2, 0.25) is 0 Å². The zero-order valence-electron chi connectivity index (χ0n) is 17.3. The van der Waals surface area contributed by atoms with E-state index in [0.29, 0.717) is 19.0 Å². The fourth-order valence-corrected chi connectivity index (χ4v) is 4.98. The van der Waals surface area contributed by atoms with Crippen LogP contribution in [-0.2, 0) is 15.7 Å². The molecule has 31 heavy (non-hydrogen) atoms. The Morgan fingerprint density at radius 2 is 1.74 bits per heavy atom. The highest BCUT2D eigenvalue weighted by molar-refractivity contribution is 5.45. The molecule has 3 atom stereocenters. The molecule has 3 saturated heterocycles. The highest BCUT2D eigenvalue weighted by Gasteiger charge is 2.43. The number of alkyl halides is 3. The minimum absolute atomic E-state index is 0.0334. The summed E-state index contributed by atoms with van der Waals surface area (Å²) in [6.45, 7) is 3.17. The Bertz CT molecular complexity index is 915. The van der Waals surface area contributed by atoms with Gasteiger partial charge in [0, 0.05) is 31.1 Å². The first-order valence-corrected chi connectivity index (χ1v) is 10.7. The number of nitrogens with zero attached hydrogens (tertiary/aromatic N) is 2. The molecule has 8 heteroatoms. The van der Waals surface area contributed by atoms with Crippen molar-refractivity contribution in [2.45, 2.75) is 63.3 Å². The summed E-state index contributed by atoms with van der Waals surface area (Å²) >= 11 is 0. The molecule has 1 aromatic carbocycles. The number of hydrogen-bond donors (Lipinski definition) is 0. The molecule has 0 amide bonds. The van der Waals surface area contributed by atoms with Gasteiger partial charge in [-0.3, -0.25) is 0 Å². The zero-order chi connectivity index (χ0) is 21.6. The summed E-state index contributed by atoms with van der Waals surface area (Å²) in [4.78, 5) is 6.31. The monoisotopic (exact) mass is 434 g/mol. The Morgan fingerprint density at radius 3 is 2.35 bits per heavy atom. The van der Waals surface area contributed by atoms with E-state index >= 15 is 0 Å².